The number of aryl methyl sites for hydroxylation is 1. The van der Waals surface area contributed by atoms with Crippen molar-refractivity contribution in [2.24, 2.45) is 0 Å². The Labute approximate surface area is 133 Å². The fraction of sp³-hybridized carbons (Fsp3) is 0.182. The summed E-state index contributed by atoms with van der Waals surface area (Å²) < 4.78 is 0. The first kappa shape index (κ1) is 14.6. The monoisotopic (exact) mass is 286 g/mol. The zero-order valence-corrected chi connectivity index (χ0v) is 13.6. The van der Waals surface area contributed by atoms with Crippen molar-refractivity contribution in [1.29, 1.82) is 0 Å². The van der Waals surface area contributed by atoms with E-state index in [9.17, 15) is 0 Å². The van der Waals surface area contributed by atoms with E-state index in [2.05, 4.69) is 82.5 Å². The maximum absolute atomic E-state index is 4.38. The SMILES string of the molecule is C=CC(=C)C1(C(C)=CC)c2ccccc2-c2cccc(C)c21. The molecular formula is C22H22. The van der Waals surface area contributed by atoms with Gasteiger partial charge in [-0.3, -0.25) is 0 Å². The molecule has 0 radical (unpaired) electrons. The Morgan fingerprint density at radius 1 is 1.05 bits per heavy atom. The number of benzene rings is 2. The van der Waals surface area contributed by atoms with Crippen molar-refractivity contribution in [2.75, 3.05) is 0 Å². The molecule has 0 fully saturated rings. The van der Waals surface area contributed by atoms with Crippen LogP contribution in [-0.2, 0) is 5.41 Å². The highest BCUT2D eigenvalue weighted by Crippen LogP contribution is 2.57. The maximum Gasteiger partial charge on any atom is 0.0667 e. The minimum absolute atomic E-state index is 0.284. The highest BCUT2D eigenvalue weighted by Gasteiger charge is 2.46. The lowest BCUT2D eigenvalue weighted by molar-refractivity contribution is 0.740. The van der Waals surface area contributed by atoms with Crippen molar-refractivity contribution in [3.63, 3.8) is 0 Å². The zero-order valence-electron chi connectivity index (χ0n) is 13.6. The smallest absolute Gasteiger partial charge is 0.0667 e. The van der Waals surface area contributed by atoms with Crippen molar-refractivity contribution >= 4 is 0 Å². The highest BCUT2D eigenvalue weighted by molar-refractivity contribution is 5.87. The largest absolute Gasteiger partial charge is 0.0988 e. The van der Waals surface area contributed by atoms with Crippen LogP contribution in [-0.4, -0.2) is 0 Å². The summed E-state index contributed by atoms with van der Waals surface area (Å²) >= 11 is 0. The molecule has 2 aromatic carbocycles. The van der Waals surface area contributed by atoms with Gasteiger partial charge in [-0.1, -0.05) is 73.3 Å². The van der Waals surface area contributed by atoms with Crippen molar-refractivity contribution in [3.05, 3.63) is 95.6 Å². The second kappa shape index (κ2) is 5.14. The molecule has 0 N–H and O–H groups in total. The second-order valence-electron chi connectivity index (χ2n) is 5.99. The fourth-order valence-corrected chi connectivity index (χ4v) is 3.94. The van der Waals surface area contributed by atoms with Gasteiger partial charge in [0.2, 0.25) is 0 Å². The van der Waals surface area contributed by atoms with Crippen LogP contribution < -0.4 is 0 Å². The fourth-order valence-electron chi connectivity index (χ4n) is 3.94. The molecule has 1 atom stereocenters. The molecule has 0 amide bonds. The molecule has 0 bridgehead atoms. The third-order valence-corrected chi connectivity index (χ3v) is 5.02. The van der Waals surface area contributed by atoms with E-state index in [1.807, 2.05) is 6.08 Å². The lowest BCUT2D eigenvalue weighted by Crippen LogP contribution is -2.29. The van der Waals surface area contributed by atoms with E-state index in [4.69, 9.17) is 0 Å². The molecule has 1 aliphatic carbocycles. The molecule has 0 heterocycles. The van der Waals surface area contributed by atoms with Gasteiger partial charge in [0, 0.05) is 0 Å². The predicted molar refractivity (Wildman–Crippen MR) is 96.2 cm³/mol. The minimum atomic E-state index is -0.284. The first-order chi connectivity index (χ1) is 10.6. The molecule has 110 valence electrons. The third-order valence-electron chi connectivity index (χ3n) is 5.02. The van der Waals surface area contributed by atoms with Crippen molar-refractivity contribution in [2.45, 2.75) is 26.2 Å². The lowest BCUT2D eigenvalue weighted by Gasteiger charge is -2.35. The Bertz CT molecular complexity index is 801. The summed E-state index contributed by atoms with van der Waals surface area (Å²) in [5, 5.41) is 0. The summed E-state index contributed by atoms with van der Waals surface area (Å²) in [4.78, 5) is 0. The first-order valence-corrected chi connectivity index (χ1v) is 7.74. The Kier molecular flexibility index (Phi) is 3.41. The van der Waals surface area contributed by atoms with Gasteiger partial charge >= 0.3 is 0 Å². The molecule has 0 aromatic heterocycles. The Morgan fingerprint density at radius 3 is 2.41 bits per heavy atom. The van der Waals surface area contributed by atoms with Crippen molar-refractivity contribution in [1.82, 2.24) is 0 Å². The van der Waals surface area contributed by atoms with Crippen molar-refractivity contribution in [3.8, 4) is 11.1 Å². The second-order valence-corrected chi connectivity index (χ2v) is 5.99. The quantitative estimate of drug-likeness (QED) is 0.481. The predicted octanol–water partition coefficient (Wildman–Crippen LogP) is 5.97. The molecule has 1 unspecified atom stereocenters. The van der Waals surface area contributed by atoms with Gasteiger partial charge in [0.1, 0.15) is 0 Å². The number of fused-ring (bicyclic) bond motifs is 3. The molecule has 0 saturated heterocycles. The minimum Gasteiger partial charge on any atom is -0.0988 e. The molecular weight excluding hydrogens is 264 g/mol. The number of hydrogen-bond acceptors (Lipinski definition) is 0. The van der Waals surface area contributed by atoms with Gasteiger partial charge in [-0.2, -0.15) is 0 Å². The lowest BCUT2D eigenvalue weighted by atomic mass is 9.66. The summed E-state index contributed by atoms with van der Waals surface area (Å²) in [7, 11) is 0. The standard InChI is InChI=1S/C22H22/c1-6-16(4)22(17(5)7-2)20-14-9-8-12-18(20)19-13-10-11-15(3)21(19)22/h6-14H,1,4H2,2-3,5H3. The van der Waals surface area contributed by atoms with Crippen LogP contribution in [0.5, 0.6) is 0 Å². The summed E-state index contributed by atoms with van der Waals surface area (Å²) in [6.45, 7) is 14.9. The van der Waals surface area contributed by atoms with E-state index in [1.165, 1.54) is 33.4 Å². The average Bonchev–Trinajstić information content (AvgIpc) is 2.86. The topological polar surface area (TPSA) is 0 Å². The van der Waals surface area contributed by atoms with Gasteiger partial charge < -0.3 is 0 Å². The highest BCUT2D eigenvalue weighted by atomic mass is 14.5. The molecule has 0 heteroatoms. The summed E-state index contributed by atoms with van der Waals surface area (Å²) in [6, 6.07) is 15.2. The Hall–Kier alpha value is -2.34. The summed E-state index contributed by atoms with van der Waals surface area (Å²) in [5.74, 6) is 0. The molecule has 3 rings (SSSR count). The normalized spacial score (nSPS) is 19.5. The molecule has 0 aliphatic heterocycles. The Balaban J connectivity index is 2.55. The van der Waals surface area contributed by atoms with E-state index >= 15 is 0 Å². The van der Waals surface area contributed by atoms with Crippen LogP contribution >= 0.6 is 0 Å². The number of allylic oxidation sites excluding steroid dienone is 4. The van der Waals surface area contributed by atoms with Crippen LogP contribution in [0.3, 0.4) is 0 Å². The number of rotatable bonds is 3. The van der Waals surface area contributed by atoms with Crippen LogP contribution in [0.4, 0.5) is 0 Å². The van der Waals surface area contributed by atoms with Gasteiger partial charge in [-0.25, -0.2) is 0 Å². The summed E-state index contributed by atoms with van der Waals surface area (Å²) in [6.07, 6.45) is 4.11. The van der Waals surface area contributed by atoms with Crippen LogP contribution in [0.2, 0.25) is 0 Å². The molecule has 22 heavy (non-hydrogen) atoms. The van der Waals surface area contributed by atoms with E-state index in [1.54, 1.807) is 0 Å². The van der Waals surface area contributed by atoms with Crippen LogP contribution in [0, 0.1) is 6.92 Å². The average molecular weight is 286 g/mol. The summed E-state index contributed by atoms with van der Waals surface area (Å²) in [5.41, 5.74) is 8.68. The van der Waals surface area contributed by atoms with Gasteiger partial charge in [0.15, 0.2) is 0 Å². The van der Waals surface area contributed by atoms with Gasteiger partial charge in [-0.05, 0) is 54.2 Å². The Morgan fingerprint density at radius 2 is 1.73 bits per heavy atom. The molecule has 2 aromatic rings. The molecule has 0 nitrogen and oxygen atoms in total. The zero-order chi connectivity index (χ0) is 15.9. The molecule has 0 spiro atoms. The van der Waals surface area contributed by atoms with E-state index < -0.39 is 0 Å². The van der Waals surface area contributed by atoms with Gasteiger partial charge in [0.05, 0.1) is 5.41 Å². The first-order valence-electron chi connectivity index (χ1n) is 7.74. The molecule has 0 saturated carbocycles. The molecule has 1 aliphatic rings. The maximum atomic E-state index is 4.38. The third kappa shape index (κ3) is 1.64. The van der Waals surface area contributed by atoms with Crippen LogP contribution in [0.25, 0.3) is 11.1 Å². The van der Waals surface area contributed by atoms with Crippen LogP contribution in [0.1, 0.15) is 30.5 Å². The van der Waals surface area contributed by atoms with E-state index in [0.717, 1.165) is 5.57 Å². The van der Waals surface area contributed by atoms with Crippen molar-refractivity contribution < 1.29 is 0 Å². The van der Waals surface area contributed by atoms with Gasteiger partial charge in [-0.15, -0.1) is 0 Å². The van der Waals surface area contributed by atoms with Crippen LogP contribution in [0.15, 0.2) is 78.9 Å². The van der Waals surface area contributed by atoms with E-state index in [-0.39, 0.29) is 5.41 Å². The van der Waals surface area contributed by atoms with Gasteiger partial charge in [0.25, 0.3) is 0 Å². The van der Waals surface area contributed by atoms with E-state index in [0.29, 0.717) is 0 Å². The number of hydrogen-bond donors (Lipinski definition) is 0.